The van der Waals surface area contributed by atoms with E-state index in [4.69, 9.17) is 8.83 Å². The number of nitrogens with zero attached hydrogens (tertiary/aromatic N) is 1. The Kier molecular flexibility index (Phi) is 4.99. The molecule has 128 valence electrons. The molecule has 0 unspecified atom stereocenters. The monoisotopic (exact) mass is 338 g/mol. The zero-order chi connectivity index (χ0) is 17.6. The first-order chi connectivity index (χ1) is 12.2. The molecule has 0 fully saturated rings. The molecule has 2 aromatic heterocycles. The van der Waals surface area contributed by atoms with Crippen molar-refractivity contribution < 1.29 is 18.4 Å². The van der Waals surface area contributed by atoms with Crippen LogP contribution in [0.3, 0.4) is 0 Å². The first kappa shape index (κ1) is 16.6. The summed E-state index contributed by atoms with van der Waals surface area (Å²) in [7, 11) is 0. The summed E-state index contributed by atoms with van der Waals surface area (Å²) >= 11 is 0. The number of hydrogen-bond donors (Lipinski definition) is 1. The molecule has 0 aliphatic carbocycles. The van der Waals surface area contributed by atoms with Gasteiger partial charge in [0, 0.05) is 17.9 Å². The lowest BCUT2D eigenvalue weighted by atomic mass is 10.2. The molecule has 1 aromatic carbocycles. The number of carbonyl (C=O) groups is 2. The van der Waals surface area contributed by atoms with Gasteiger partial charge >= 0.3 is 0 Å². The summed E-state index contributed by atoms with van der Waals surface area (Å²) in [6.45, 7) is 2.56. The molecule has 2 amide bonds. The van der Waals surface area contributed by atoms with Crippen LogP contribution in [-0.2, 0) is 0 Å². The molecule has 0 radical (unpaired) electrons. The minimum Gasteiger partial charge on any atom is -0.472 e. The minimum atomic E-state index is -0.269. The van der Waals surface area contributed by atoms with E-state index in [0.717, 1.165) is 6.42 Å². The van der Waals surface area contributed by atoms with Crippen LogP contribution in [0, 0.1) is 0 Å². The van der Waals surface area contributed by atoms with E-state index in [1.165, 1.54) is 25.1 Å². The van der Waals surface area contributed by atoms with Gasteiger partial charge in [-0.25, -0.2) is 0 Å². The van der Waals surface area contributed by atoms with E-state index in [2.05, 4.69) is 5.32 Å². The molecule has 6 nitrogen and oxygen atoms in total. The van der Waals surface area contributed by atoms with Crippen molar-refractivity contribution in [2.75, 3.05) is 16.8 Å². The lowest BCUT2D eigenvalue weighted by Gasteiger charge is -2.22. The predicted octanol–water partition coefficient (Wildman–Crippen LogP) is 4.18. The summed E-state index contributed by atoms with van der Waals surface area (Å²) in [5, 5.41) is 2.80. The minimum absolute atomic E-state index is 0.145. The molecule has 1 N–H and O–H groups in total. The molecule has 6 heteroatoms. The third kappa shape index (κ3) is 3.80. The van der Waals surface area contributed by atoms with Crippen molar-refractivity contribution in [2.24, 2.45) is 0 Å². The first-order valence-electron chi connectivity index (χ1n) is 7.96. The highest BCUT2D eigenvalue weighted by atomic mass is 16.3. The molecule has 0 aliphatic heterocycles. The standard InChI is InChI=1S/C19H18N2O4/c1-2-8-21(19(23)15-7-10-25-13-15)17-5-3-4-16(11-17)20-18(22)14-6-9-24-12-14/h3-7,9-13H,2,8H2,1H3,(H,20,22). The smallest absolute Gasteiger partial charge is 0.261 e. The molecule has 3 rings (SSSR count). The third-order valence-corrected chi connectivity index (χ3v) is 3.66. The Morgan fingerprint density at radius 3 is 2.40 bits per heavy atom. The van der Waals surface area contributed by atoms with Gasteiger partial charge in [-0.05, 0) is 36.8 Å². The maximum absolute atomic E-state index is 12.7. The quantitative estimate of drug-likeness (QED) is 0.731. The lowest BCUT2D eigenvalue weighted by Crippen LogP contribution is -2.31. The highest BCUT2D eigenvalue weighted by Crippen LogP contribution is 2.22. The molecule has 0 spiro atoms. The maximum Gasteiger partial charge on any atom is 0.261 e. The summed E-state index contributed by atoms with van der Waals surface area (Å²) in [6, 6.07) is 10.4. The number of hydrogen-bond acceptors (Lipinski definition) is 4. The van der Waals surface area contributed by atoms with E-state index >= 15 is 0 Å². The fourth-order valence-corrected chi connectivity index (χ4v) is 2.46. The highest BCUT2D eigenvalue weighted by molar-refractivity contribution is 6.07. The van der Waals surface area contributed by atoms with Gasteiger partial charge in [-0.2, -0.15) is 0 Å². The lowest BCUT2D eigenvalue weighted by molar-refractivity contribution is 0.0985. The van der Waals surface area contributed by atoms with Gasteiger partial charge in [0.25, 0.3) is 11.8 Å². The van der Waals surface area contributed by atoms with Crippen LogP contribution in [0.15, 0.2) is 70.3 Å². The molecule has 0 bridgehead atoms. The topological polar surface area (TPSA) is 75.7 Å². The largest absolute Gasteiger partial charge is 0.472 e. The van der Waals surface area contributed by atoms with Crippen molar-refractivity contribution in [3.8, 4) is 0 Å². The van der Waals surface area contributed by atoms with Crippen LogP contribution in [0.1, 0.15) is 34.1 Å². The second kappa shape index (κ2) is 7.53. The second-order valence-electron chi connectivity index (χ2n) is 5.49. The predicted molar refractivity (Wildman–Crippen MR) is 93.8 cm³/mol. The molecular weight excluding hydrogens is 320 g/mol. The van der Waals surface area contributed by atoms with Gasteiger partial charge in [-0.3, -0.25) is 9.59 Å². The van der Waals surface area contributed by atoms with Crippen LogP contribution < -0.4 is 10.2 Å². The van der Waals surface area contributed by atoms with Crippen molar-refractivity contribution in [1.29, 1.82) is 0 Å². The Bertz CT molecular complexity index is 838. The zero-order valence-electron chi connectivity index (χ0n) is 13.8. The molecular formula is C19H18N2O4. The summed E-state index contributed by atoms with van der Waals surface area (Å²) in [5.74, 6) is -0.414. The number of anilines is 2. The normalized spacial score (nSPS) is 10.4. The van der Waals surface area contributed by atoms with Crippen LogP contribution in [0.5, 0.6) is 0 Å². The number of furan rings is 2. The molecule has 25 heavy (non-hydrogen) atoms. The Hall–Kier alpha value is -3.28. The SMILES string of the molecule is CCCN(C(=O)c1ccoc1)c1cccc(NC(=O)c2ccoc2)c1. The molecule has 3 aromatic rings. The molecule has 0 saturated heterocycles. The van der Waals surface area contributed by atoms with Gasteiger partial charge in [-0.1, -0.05) is 13.0 Å². The van der Waals surface area contributed by atoms with E-state index in [1.54, 1.807) is 35.2 Å². The number of carbonyl (C=O) groups excluding carboxylic acids is 2. The van der Waals surface area contributed by atoms with Crippen molar-refractivity contribution in [2.45, 2.75) is 13.3 Å². The molecule has 0 aliphatic rings. The van der Waals surface area contributed by atoms with Gasteiger partial charge < -0.3 is 19.1 Å². The van der Waals surface area contributed by atoms with Crippen LogP contribution in [0.25, 0.3) is 0 Å². The van der Waals surface area contributed by atoms with E-state index in [0.29, 0.717) is 29.0 Å². The molecule has 0 atom stereocenters. The average Bonchev–Trinajstić information content (AvgIpc) is 3.32. The van der Waals surface area contributed by atoms with Crippen molar-refractivity contribution in [3.63, 3.8) is 0 Å². The summed E-state index contributed by atoms with van der Waals surface area (Å²) in [6.07, 6.45) is 6.52. The Labute approximate surface area is 145 Å². The molecule has 2 heterocycles. The fraction of sp³-hybridized carbons (Fsp3) is 0.158. The molecule has 0 saturated carbocycles. The van der Waals surface area contributed by atoms with Crippen LogP contribution in [0.2, 0.25) is 0 Å². The zero-order valence-corrected chi connectivity index (χ0v) is 13.8. The van der Waals surface area contributed by atoms with Gasteiger partial charge in [0.1, 0.15) is 12.5 Å². The van der Waals surface area contributed by atoms with Gasteiger partial charge in [0.05, 0.1) is 23.7 Å². The van der Waals surface area contributed by atoms with Gasteiger partial charge in [-0.15, -0.1) is 0 Å². The average molecular weight is 338 g/mol. The van der Waals surface area contributed by atoms with Crippen molar-refractivity contribution >= 4 is 23.2 Å². The van der Waals surface area contributed by atoms with E-state index in [-0.39, 0.29) is 11.8 Å². The maximum atomic E-state index is 12.7. The van der Waals surface area contributed by atoms with E-state index < -0.39 is 0 Å². The second-order valence-corrected chi connectivity index (χ2v) is 5.49. The Balaban J connectivity index is 1.82. The van der Waals surface area contributed by atoms with Crippen molar-refractivity contribution in [3.05, 3.63) is 72.6 Å². The van der Waals surface area contributed by atoms with Gasteiger partial charge in [0.2, 0.25) is 0 Å². The summed E-state index contributed by atoms with van der Waals surface area (Å²) < 4.78 is 9.92. The fourth-order valence-electron chi connectivity index (χ4n) is 2.46. The highest BCUT2D eigenvalue weighted by Gasteiger charge is 2.18. The Morgan fingerprint density at radius 1 is 1.04 bits per heavy atom. The van der Waals surface area contributed by atoms with E-state index in [9.17, 15) is 9.59 Å². The summed E-state index contributed by atoms with van der Waals surface area (Å²) in [4.78, 5) is 26.5. The van der Waals surface area contributed by atoms with Crippen LogP contribution in [0.4, 0.5) is 11.4 Å². The third-order valence-electron chi connectivity index (χ3n) is 3.66. The van der Waals surface area contributed by atoms with Crippen molar-refractivity contribution in [1.82, 2.24) is 0 Å². The number of amides is 2. The van der Waals surface area contributed by atoms with E-state index in [1.807, 2.05) is 13.0 Å². The number of nitrogens with one attached hydrogen (secondary N) is 1. The van der Waals surface area contributed by atoms with Gasteiger partial charge in [0.15, 0.2) is 0 Å². The van der Waals surface area contributed by atoms with Crippen LogP contribution in [-0.4, -0.2) is 18.4 Å². The summed E-state index contributed by atoms with van der Waals surface area (Å²) in [5.41, 5.74) is 2.23. The number of rotatable bonds is 6. The first-order valence-corrected chi connectivity index (χ1v) is 7.96. The number of benzene rings is 1. The van der Waals surface area contributed by atoms with Crippen LogP contribution >= 0.6 is 0 Å². The Morgan fingerprint density at radius 2 is 1.76 bits per heavy atom.